The number of H-pyrrole nitrogens is 1. The molecule has 0 bridgehead atoms. The molecule has 2 aromatic rings. The first-order chi connectivity index (χ1) is 9.08. The lowest BCUT2D eigenvalue weighted by atomic mass is 10.0. The van der Waals surface area contributed by atoms with Crippen molar-refractivity contribution in [1.29, 1.82) is 0 Å². The molecule has 0 saturated heterocycles. The number of rotatable bonds is 5. The SMILES string of the molecule is Cc1ccc(C(C)NCc2cn[nH]c2)cc1[N+](=O)[O-]. The fourth-order valence-corrected chi connectivity index (χ4v) is 1.86. The Morgan fingerprint density at radius 3 is 2.95 bits per heavy atom. The second-order valence-electron chi connectivity index (χ2n) is 4.51. The van der Waals surface area contributed by atoms with E-state index in [2.05, 4.69) is 15.5 Å². The summed E-state index contributed by atoms with van der Waals surface area (Å²) in [6, 6.07) is 5.36. The highest BCUT2D eigenvalue weighted by molar-refractivity contribution is 5.43. The van der Waals surface area contributed by atoms with Crippen LogP contribution in [-0.2, 0) is 6.54 Å². The number of benzene rings is 1. The third-order valence-corrected chi connectivity index (χ3v) is 3.10. The molecule has 6 nitrogen and oxygen atoms in total. The molecule has 1 heterocycles. The van der Waals surface area contributed by atoms with Gasteiger partial charge >= 0.3 is 0 Å². The van der Waals surface area contributed by atoms with Crippen LogP contribution in [0.1, 0.15) is 29.7 Å². The summed E-state index contributed by atoms with van der Waals surface area (Å²) in [6.45, 7) is 4.39. The van der Waals surface area contributed by atoms with Crippen LogP contribution in [0.3, 0.4) is 0 Å². The van der Waals surface area contributed by atoms with Crippen LogP contribution in [0.25, 0.3) is 0 Å². The van der Waals surface area contributed by atoms with Crippen molar-refractivity contribution >= 4 is 5.69 Å². The zero-order chi connectivity index (χ0) is 13.8. The molecule has 2 rings (SSSR count). The molecule has 1 aromatic heterocycles. The van der Waals surface area contributed by atoms with Crippen LogP contribution in [0, 0.1) is 17.0 Å². The molecule has 0 aliphatic heterocycles. The van der Waals surface area contributed by atoms with E-state index in [1.165, 1.54) is 0 Å². The van der Waals surface area contributed by atoms with Gasteiger partial charge in [-0.05, 0) is 19.4 Å². The van der Waals surface area contributed by atoms with Gasteiger partial charge in [0.15, 0.2) is 0 Å². The van der Waals surface area contributed by atoms with Crippen molar-refractivity contribution in [1.82, 2.24) is 15.5 Å². The molecule has 0 fully saturated rings. The average molecular weight is 260 g/mol. The Labute approximate surface area is 111 Å². The van der Waals surface area contributed by atoms with Crippen molar-refractivity contribution < 1.29 is 4.92 Å². The van der Waals surface area contributed by atoms with Crippen molar-refractivity contribution in [2.75, 3.05) is 0 Å². The molecular formula is C13H16N4O2. The average Bonchev–Trinajstić information content (AvgIpc) is 2.89. The molecule has 0 aliphatic carbocycles. The van der Waals surface area contributed by atoms with Gasteiger partial charge in [0.1, 0.15) is 0 Å². The lowest BCUT2D eigenvalue weighted by Gasteiger charge is -2.13. The number of nitrogens with one attached hydrogen (secondary N) is 2. The third-order valence-electron chi connectivity index (χ3n) is 3.10. The molecule has 0 spiro atoms. The molecular weight excluding hydrogens is 244 g/mol. The van der Waals surface area contributed by atoms with Crippen LogP contribution < -0.4 is 5.32 Å². The van der Waals surface area contributed by atoms with E-state index in [-0.39, 0.29) is 16.7 Å². The summed E-state index contributed by atoms with van der Waals surface area (Å²) in [7, 11) is 0. The smallest absolute Gasteiger partial charge is 0.272 e. The fraction of sp³-hybridized carbons (Fsp3) is 0.308. The quantitative estimate of drug-likeness (QED) is 0.639. The molecule has 100 valence electrons. The van der Waals surface area contributed by atoms with Crippen LogP contribution in [0.5, 0.6) is 0 Å². The van der Waals surface area contributed by atoms with Gasteiger partial charge < -0.3 is 5.32 Å². The number of nitrogens with zero attached hydrogens (tertiary/aromatic N) is 2. The van der Waals surface area contributed by atoms with Crippen LogP contribution in [0.15, 0.2) is 30.6 Å². The summed E-state index contributed by atoms with van der Waals surface area (Å²) in [5.41, 5.74) is 2.79. The minimum absolute atomic E-state index is 0.0363. The summed E-state index contributed by atoms with van der Waals surface area (Å²) in [6.07, 6.45) is 3.56. The van der Waals surface area contributed by atoms with Crippen LogP contribution in [0.4, 0.5) is 5.69 Å². The van der Waals surface area contributed by atoms with Crippen LogP contribution in [-0.4, -0.2) is 15.1 Å². The lowest BCUT2D eigenvalue weighted by Crippen LogP contribution is -2.18. The van der Waals surface area contributed by atoms with E-state index in [9.17, 15) is 10.1 Å². The van der Waals surface area contributed by atoms with E-state index in [0.717, 1.165) is 11.1 Å². The Hall–Kier alpha value is -2.21. The molecule has 19 heavy (non-hydrogen) atoms. The summed E-state index contributed by atoms with van der Waals surface area (Å²) in [5, 5.41) is 20.8. The maximum Gasteiger partial charge on any atom is 0.272 e. The maximum absolute atomic E-state index is 10.9. The standard InChI is InChI=1S/C13H16N4O2/c1-9-3-4-12(5-13(9)17(18)19)10(2)14-6-11-7-15-16-8-11/h3-5,7-8,10,14H,6H2,1-2H3,(H,15,16). The van der Waals surface area contributed by atoms with E-state index in [1.54, 1.807) is 25.3 Å². The van der Waals surface area contributed by atoms with Gasteiger partial charge in [-0.15, -0.1) is 0 Å². The Morgan fingerprint density at radius 1 is 1.53 bits per heavy atom. The third kappa shape index (κ3) is 3.17. The van der Waals surface area contributed by atoms with E-state index in [1.807, 2.05) is 19.2 Å². The van der Waals surface area contributed by atoms with Crippen molar-refractivity contribution in [3.05, 3.63) is 57.4 Å². The van der Waals surface area contributed by atoms with Gasteiger partial charge in [-0.25, -0.2) is 0 Å². The molecule has 2 N–H and O–H groups in total. The zero-order valence-electron chi connectivity index (χ0n) is 10.9. The van der Waals surface area contributed by atoms with Gasteiger partial charge in [0.25, 0.3) is 5.69 Å². The molecule has 1 unspecified atom stereocenters. The first kappa shape index (κ1) is 13.2. The van der Waals surface area contributed by atoms with Crippen LogP contribution >= 0.6 is 0 Å². The molecule has 1 atom stereocenters. The van der Waals surface area contributed by atoms with E-state index in [0.29, 0.717) is 12.1 Å². The Bertz CT molecular complexity index is 566. The summed E-state index contributed by atoms with van der Waals surface area (Å²) >= 11 is 0. The topological polar surface area (TPSA) is 83.8 Å². The van der Waals surface area contributed by atoms with Crippen molar-refractivity contribution in [2.24, 2.45) is 0 Å². The highest BCUT2D eigenvalue weighted by Crippen LogP contribution is 2.23. The van der Waals surface area contributed by atoms with Gasteiger partial charge in [-0.3, -0.25) is 15.2 Å². The van der Waals surface area contributed by atoms with Gasteiger partial charge in [0, 0.05) is 36.0 Å². The molecule has 1 aromatic carbocycles. The normalized spacial score (nSPS) is 12.3. The second-order valence-corrected chi connectivity index (χ2v) is 4.51. The highest BCUT2D eigenvalue weighted by Gasteiger charge is 2.14. The van der Waals surface area contributed by atoms with Crippen molar-refractivity contribution in [3.8, 4) is 0 Å². The van der Waals surface area contributed by atoms with Crippen molar-refractivity contribution in [3.63, 3.8) is 0 Å². The Balaban J connectivity index is 2.08. The highest BCUT2D eigenvalue weighted by atomic mass is 16.6. The fourth-order valence-electron chi connectivity index (χ4n) is 1.86. The van der Waals surface area contributed by atoms with E-state index < -0.39 is 0 Å². The Morgan fingerprint density at radius 2 is 2.32 bits per heavy atom. The number of nitro benzene ring substituents is 1. The van der Waals surface area contributed by atoms with E-state index >= 15 is 0 Å². The van der Waals surface area contributed by atoms with Gasteiger partial charge in [0.2, 0.25) is 0 Å². The number of hydrogen-bond acceptors (Lipinski definition) is 4. The summed E-state index contributed by atoms with van der Waals surface area (Å²) in [5.74, 6) is 0. The lowest BCUT2D eigenvalue weighted by molar-refractivity contribution is -0.385. The number of aromatic amines is 1. The Kier molecular flexibility index (Phi) is 3.91. The molecule has 0 radical (unpaired) electrons. The maximum atomic E-state index is 10.9. The van der Waals surface area contributed by atoms with E-state index in [4.69, 9.17) is 0 Å². The number of aryl methyl sites for hydroxylation is 1. The minimum atomic E-state index is -0.346. The predicted molar refractivity (Wildman–Crippen MR) is 71.7 cm³/mol. The molecule has 0 saturated carbocycles. The van der Waals surface area contributed by atoms with Crippen LogP contribution in [0.2, 0.25) is 0 Å². The first-order valence-corrected chi connectivity index (χ1v) is 6.04. The van der Waals surface area contributed by atoms with Crippen molar-refractivity contribution in [2.45, 2.75) is 26.4 Å². The number of nitro groups is 1. The largest absolute Gasteiger partial charge is 0.306 e. The summed E-state index contributed by atoms with van der Waals surface area (Å²) in [4.78, 5) is 10.6. The predicted octanol–water partition coefficient (Wildman–Crippen LogP) is 2.48. The second kappa shape index (κ2) is 5.62. The first-order valence-electron chi connectivity index (χ1n) is 6.04. The molecule has 0 amide bonds. The van der Waals surface area contributed by atoms with Gasteiger partial charge in [-0.2, -0.15) is 5.10 Å². The summed E-state index contributed by atoms with van der Waals surface area (Å²) < 4.78 is 0. The van der Waals surface area contributed by atoms with Gasteiger partial charge in [0.05, 0.1) is 11.1 Å². The number of aromatic nitrogens is 2. The molecule has 0 aliphatic rings. The monoisotopic (exact) mass is 260 g/mol. The van der Waals surface area contributed by atoms with Gasteiger partial charge in [-0.1, -0.05) is 12.1 Å². The zero-order valence-corrected chi connectivity index (χ0v) is 10.9. The molecule has 6 heteroatoms. The number of hydrogen-bond donors (Lipinski definition) is 2. The minimum Gasteiger partial charge on any atom is -0.306 e.